The second-order valence-corrected chi connectivity index (χ2v) is 9.03. The molecule has 0 aliphatic heterocycles. The van der Waals surface area contributed by atoms with Crippen LogP contribution in [0.3, 0.4) is 0 Å². The van der Waals surface area contributed by atoms with Crippen molar-refractivity contribution >= 4 is 38.6 Å². The summed E-state index contributed by atoms with van der Waals surface area (Å²) in [5, 5.41) is 9.67. The molecular weight excluding hydrogens is 502 g/mol. The van der Waals surface area contributed by atoms with Gasteiger partial charge >= 0.3 is 0 Å². The molecule has 0 bridgehead atoms. The van der Waals surface area contributed by atoms with Crippen LogP contribution < -0.4 is 10.3 Å². The van der Waals surface area contributed by atoms with Gasteiger partial charge in [-0.1, -0.05) is 45.0 Å². The van der Waals surface area contributed by atoms with Crippen molar-refractivity contribution < 1.29 is 4.74 Å². The lowest BCUT2D eigenvalue weighted by atomic mass is 10.2. The van der Waals surface area contributed by atoms with Crippen molar-refractivity contribution in [2.45, 2.75) is 10.9 Å². The number of benzene rings is 3. The molecule has 33 heavy (non-hydrogen) atoms. The van der Waals surface area contributed by atoms with Crippen LogP contribution in [0.1, 0.15) is 5.69 Å². The lowest BCUT2D eigenvalue weighted by molar-refractivity contribution is 0.414. The van der Waals surface area contributed by atoms with E-state index in [9.17, 15) is 4.79 Å². The number of methoxy groups -OCH3 is 1. The Bertz CT molecular complexity index is 1480. The first kappa shape index (κ1) is 21.4. The molecule has 0 unspecified atom stereocenters. The highest BCUT2D eigenvalue weighted by atomic mass is 79.9. The monoisotopic (exact) mass is 519 g/mol. The van der Waals surface area contributed by atoms with E-state index >= 15 is 0 Å². The number of fused-ring (bicyclic) bond motifs is 1. The van der Waals surface area contributed by atoms with Crippen LogP contribution in [0.15, 0.2) is 93.4 Å². The number of halogens is 1. The van der Waals surface area contributed by atoms with Gasteiger partial charge in [0.2, 0.25) is 0 Å². The van der Waals surface area contributed by atoms with Crippen LogP contribution in [0.4, 0.5) is 0 Å². The standard InChI is InChI=1S/C24H18BrN5O2S/c1-32-20-12-10-19(11-13-20)30-23(31)21-4-2-3-5-22(21)26-24(30)33-15-17-14-29(28-27-17)18-8-6-16(25)7-9-18/h2-14H,15H2,1H3. The molecule has 0 aliphatic rings. The zero-order valence-electron chi connectivity index (χ0n) is 17.6. The Hall–Kier alpha value is -3.43. The number of rotatable bonds is 6. The van der Waals surface area contributed by atoms with Gasteiger partial charge in [0.05, 0.1) is 41.3 Å². The Labute approximate surface area is 202 Å². The summed E-state index contributed by atoms with van der Waals surface area (Å²) in [7, 11) is 1.61. The van der Waals surface area contributed by atoms with Crippen molar-refractivity contribution in [1.29, 1.82) is 0 Å². The molecule has 2 aromatic heterocycles. The Morgan fingerprint density at radius 3 is 2.45 bits per heavy atom. The maximum atomic E-state index is 13.4. The second-order valence-electron chi connectivity index (χ2n) is 7.17. The molecule has 3 aromatic carbocycles. The highest BCUT2D eigenvalue weighted by molar-refractivity contribution is 9.10. The molecule has 0 atom stereocenters. The number of nitrogens with zero attached hydrogens (tertiary/aromatic N) is 5. The maximum Gasteiger partial charge on any atom is 0.266 e. The number of thioether (sulfide) groups is 1. The van der Waals surface area contributed by atoms with Crippen molar-refractivity contribution in [3.8, 4) is 17.1 Å². The Kier molecular flexibility index (Phi) is 5.97. The van der Waals surface area contributed by atoms with Crippen molar-refractivity contribution in [1.82, 2.24) is 24.5 Å². The summed E-state index contributed by atoms with van der Waals surface area (Å²) in [5.41, 5.74) is 2.97. The van der Waals surface area contributed by atoms with E-state index in [0.29, 0.717) is 21.8 Å². The van der Waals surface area contributed by atoms with Gasteiger partial charge < -0.3 is 4.74 Å². The molecule has 9 heteroatoms. The highest BCUT2D eigenvalue weighted by Crippen LogP contribution is 2.25. The molecule has 5 rings (SSSR count). The third-order valence-electron chi connectivity index (χ3n) is 5.06. The predicted molar refractivity (Wildman–Crippen MR) is 133 cm³/mol. The van der Waals surface area contributed by atoms with Gasteiger partial charge in [0.25, 0.3) is 5.56 Å². The van der Waals surface area contributed by atoms with Crippen molar-refractivity contribution in [3.05, 3.63) is 99.5 Å². The van der Waals surface area contributed by atoms with E-state index in [-0.39, 0.29) is 5.56 Å². The number of para-hydroxylation sites is 1. The number of hydrogen-bond donors (Lipinski definition) is 0. The van der Waals surface area contributed by atoms with Gasteiger partial charge in [-0.3, -0.25) is 9.36 Å². The summed E-state index contributed by atoms with van der Waals surface area (Å²) in [6.07, 6.45) is 1.88. The molecule has 0 spiro atoms. The van der Waals surface area contributed by atoms with Gasteiger partial charge in [-0.15, -0.1) is 5.10 Å². The van der Waals surface area contributed by atoms with Crippen LogP contribution in [0.2, 0.25) is 0 Å². The molecule has 164 valence electrons. The Balaban J connectivity index is 1.49. The number of ether oxygens (including phenoxy) is 1. The van der Waals surface area contributed by atoms with Gasteiger partial charge in [0.15, 0.2) is 5.16 Å². The highest BCUT2D eigenvalue weighted by Gasteiger charge is 2.14. The van der Waals surface area contributed by atoms with Crippen molar-refractivity contribution in [2.24, 2.45) is 0 Å². The molecule has 7 nitrogen and oxygen atoms in total. The van der Waals surface area contributed by atoms with E-state index in [4.69, 9.17) is 9.72 Å². The van der Waals surface area contributed by atoms with E-state index in [1.165, 1.54) is 11.8 Å². The van der Waals surface area contributed by atoms with Crippen molar-refractivity contribution in [2.75, 3.05) is 7.11 Å². The minimum atomic E-state index is -0.119. The molecule has 0 aliphatic carbocycles. The lowest BCUT2D eigenvalue weighted by Crippen LogP contribution is -2.21. The summed E-state index contributed by atoms with van der Waals surface area (Å²) in [5.74, 6) is 1.23. The lowest BCUT2D eigenvalue weighted by Gasteiger charge is -2.13. The van der Waals surface area contributed by atoms with Crippen LogP contribution in [-0.4, -0.2) is 31.7 Å². The molecule has 0 amide bonds. The van der Waals surface area contributed by atoms with E-state index in [0.717, 1.165) is 27.3 Å². The molecule has 0 saturated heterocycles. The summed E-state index contributed by atoms with van der Waals surface area (Å²) in [4.78, 5) is 18.2. The summed E-state index contributed by atoms with van der Waals surface area (Å²) >= 11 is 4.88. The Morgan fingerprint density at radius 2 is 1.70 bits per heavy atom. The largest absolute Gasteiger partial charge is 0.497 e. The first-order chi connectivity index (χ1) is 16.1. The first-order valence-electron chi connectivity index (χ1n) is 10.1. The predicted octanol–water partition coefficient (Wildman–Crippen LogP) is 5.03. The fourth-order valence-electron chi connectivity index (χ4n) is 3.39. The number of aromatic nitrogens is 5. The smallest absolute Gasteiger partial charge is 0.266 e. The maximum absolute atomic E-state index is 13.4. The molecule has 0 fully saturated rings. The van der Waals surface area contributed by atoms with Gasteiger partial charge in [-0.25, -0.2) is 9.67 Å². The molecule has 0 N–H and O–H groups in total. The van der Waals surface area contributed by atoms with Gasteiger partial charge in [0, 0.05) is 10.2 Å². The molecule has 5 aromatic rings. The van der Waals surface area contributed by atoms with Gasteiger partial charge in [-0.05, 0) is 60.7 Å². The van der Waals surface area contributed by atoms with Crippen molar-refractivity contribution in [3.63, 3.8) is 0 Å². The first-order valence-corrected chi connectivity index (χ1v) is 11.9. The van der Waals surface area contributed by atoms with Crippen LogP contribution in [0.25, 0.3) is 22.3 Å². The van der Waals surface area contributed by atoms with E-state index in [1.54, 1.807) is 22.4 Å². The zero-order valence-corrected chi connectivity index (χ0v) is 20.0. The quantitative estimate of drug-likeness (QED) is 0.231. The second kappa shape index (κ2) is 9.21. The van der Waals surface area contributed by atoms with Crippen LogP contribution in [-0.2, 0) is 5.75 Å². The van der Waals surface area contributed by atoms with Crippen LogP contribution in [0.5, 0.6) is 5.75 Å². The zero-order chi connectivity index (χ0) is 22.8. The summed E-state index contributed by atoms with van der Waals surface area (Å²) < 4.78 is 9.62. The fourth-order valence-corrected chi connectivity index (χ4v) is 4.55. The van der Waals surface area contributed by atoms with E-state index < -0.39 is 0 Å². The summed E-state index contributed by atoms with van der Waals surface area (Å²) in [6.45, 7) is 0. The summed E-state index contributed by atoms with van der Waals surface area (Å²) in [6, 6.07) is 22.6. The Morgan fingerprint density at radius 1 is 0.970 bits per heavy atom. The van der Waals surface area contributed by atoms with Gasteiger partial charge in [0.1, 0.15) is 5.75 Å². The minimum Gasteiger partial charge on any atom is -0.497 e. The van der Waals surface area contributed by atoms with E-state index in [2.05, 4.69) is 26.2 Å². The SMILES string of the molecule is COc1ccc(-n2c(SCc3cn(-c4ccc(Br)cc4)nn3)nc3ccccc3c2=O)cc1. The van der Waals surface area contributed by atoms with Crippen LogP contribution >= 0.6 is 27.7 Å². The molecule has 0 radical (unpaired) electrons. The molecule has 0 saturated carbocycles. The molecule has 2 heterocycles. The van der Waals surface area contributed by atoms with E-state index in [1.807, 2.05) is 72.9 Å². The van der Waals surface area contributed by atoms with Gasteiger partial charge in [-0.2, -0.15) is 0 Å². The topological polar surface area (TPSA) is 74.8 Å². The average molecular weight is 520 g/mol. The normalized spacial score (nSPS) is 11.1. The minimum absolute atomic E-state index is 0.119. The number of hydrogen-bond acceptors (Lipinski definition) is 6. The third-order valence-corrected chi connectivity index (χ3v) is 6.56. The fraction of sp³-hybridized carbons (Fsp3) is 0.0833. The third kappa shape index (κ3) is 4.42. The molecular formula is C24H18BrN5O2S. The average Bonchev–Trinajstić information content (AvgIpc) is 3.32. The van der Waals surface area contributed by atoms with Crippen LogP contribution in [0, 0.1) is 0 Å².